The van der Waals surface area contributed by atoms with Gasteiger partial charge in [-0.2, -0.15) is 0 Å². The van der Waals surface area contributed by atoms with Crippen LogP contribution in [0.5, 0.6) is 5.75 Å². The molecule has 0 aromatic heterocycles. The zero-order valence-corrected chi connectivity index (χ0v) is 17.7. The highest BCUT2D eigenvalue weighted by atomic mass is 16.5. The summed E-state index contributed by atoms with van der Waals surface area (Å²) in [5.41, 5.74) is 2.94. The summed E-state index contributed by atoms with van der Waals surface area (Å²) in [6.07, 6.45) is 8.39. The van der Waals surface area contributed by atoms with Gasteiger partial charge in [0.15, 0.2) is 0 Å². The summed E-state index contributed by atoms with van der Waals surface area (Å²) < 4.78 is 5.60. The van der Waals surface area contributed by atoms with Crippen LogP contribution in [0, 0.1) is 23.7 Å². The lowest BCUT2D eigenvalue weighted by Crippen LogP contribution is -2.66. The second-order valence-corrected chi connectivity index (χ2v) is 10.0. The molecule has 2 unspecified atom stereocenters. The Hall–Kier alpha value is -1.35. The van der Waals surface area contributed by atoms with Crippen molar-refractivity contribution < 1.29 is 9.53 Å². The van der Waals surface area contributed by atoms with Gasteiger partial charge in [-0.1, -0.05) is 32.8 Å². The monoisotopic (exact) mass is 381 g/mol. The molecule has 152 valence electrons. The third-order valence-electron chi connectivity index (χ3n) is 8.94. The molecule has 4 aliphatic rings. The van der Waals surface area contributed by atoms with Gasteiger partial charge in [0.1, 0.15) is 11.5 Å². The van der Waals surface area contributed by atoms with Crippen LogP contribution >= 0.6 is 0 Å². The zero-order valence-electron chi connectivity index (χ0n) is 17.7. The van der Waals surface area contributed by atoms with Gasteiger partial charge in [-0.25, -0.2) is 0 Å². The summed E-state index contributed by atoms with van der Waals surface area (Å²) >= 11 is 0. The number of Topliss-reactive ketones (excluding diaryl/α,β-unsaturated/α-hetero) is 1. The van der Waals surface area contributed by atoms with Crippen LogP contribution in [0.15, 0.2) is 18.2 Å². The number of carbonyl (C=O) groups is 1. The van der Waals surface area contributed by atoms with E-state index in [9.17, 15) is 4.79 Å². The van der Waals surface area contributed by atoms with Gasteiger partial charge in [0.2, 0.25) is 0 Å². The molecule has 0 radical (unpaired) electrons. The molecule has 3 aliphatic carbocycles. The van der Waals surface area contributed by atoms with Crippen molar-refractivity contribution in [1.29, 1.82) is 0 Å². The maximum atomic E-state index is 13.1. The van der Waals surface area contributed by atoms with Crippen molar-refractivity contribution in [2.75, 3.05) is 20.2 Å². The number of ether oxygens (including phenoxy) is 1. The Morgan fingerprint density at radius 1 is 1.29 bits per heavy atom. The van der Waals surface area contributed by atoms with E-state index in [1.807, 2.05) is 0 Å². The summed E-state index contributed by atoms with van der Waals surface area (Å²) in [6.45, 7) is 6.95. The van der Waals surface area contributed by atoms with Gasteiger partial charge in [0.25, 0.3) is 0 Å². The largest absolute Gasteiger partial charge is 0.497 e. The van der Waals surface area contributed by atoms with Crippen molar-refractivity contribution >= 4 is 5.78 Å². The van der Waals surface area contributed by atoms with Crippen molar-refractivity contribution in [2.24, 2.45) is 23.7 Å². The average Bonchev–Trinajstić information content (AvgIpc) is 2.67. The lowest BCUT2D eigenvalue weighted by molar-refractivity contribution is -0.140. The molecule has 2 saturated carbocycles. The standard InChI is InChI=1S/C25H35NO2/c1-4-20-16(2)23(27)14-25-10-11-26(15-17-6-5-7-17)22(24(20)25)12-18-8-9-19(28-3)13-21(18)25/h8-9,13,16-17,20,22,24H,4-7,10-12,14-15H2,1-3H3/t16?,20?,22-,24+,25-/m1/s1. The quantitative estimate of drug-likeness (QED) is 0.762. The molecule has 5 rings (SSSR count). The number of rotatable bonds is 4. The first-order valence-electron chi connectivity index (χ1n) is 11.5. The van der Waals surface area contributed by atoms with Crippen molar-refractivity contribution in [3.8, 4) is 5.75 Å². The van der Waals surface area contributed by atoms with E-state index in [1.54, 1.807) is 7.11 Å². The van der Waals surface area contributed by atoms with E-state index in [1.165, 1.54) is 36.9 Å². The summed E-state index contributed by atoms with van der Waals surface area (Å²) in [4.78, 5) is 16.0. The fourth-order valence-electron chi connectivity index (χ4n) is 7.25. The molecule has 3 nitrogen and oxygen atoms in total. The van der Waals surface area contributed by atoms with Crippen LogP contribution in [-0.4, -0.2) is 36.9 Å². The molecule has 1 aromatic rings. The van der Waals surface area contributed by atoms with Gasteiger partial charge in [-0.3, -0.25) is 9.69 Å². The molecule has 0 amide bonds. The normalized spacial score (nSPS) is 37.8. The zero-order chi connectivity index (χ0) is 19.5. The Kier molecular flexibility index (Phi) is 4.58. The number of carbonyl (C=O) groups excluding carboxylic acids is 1. The van der Waals surface area contributed by atoms with Crippen LogP contribution in [0.3, 0.4) is 0 Å². The number of fused-ring (bicyclic) bond motifs is 1. The van der Waals surface area contributed by atoms with Crippen LogP contribution in [0.2, 0.25) is 0 Å². The molecule has 2 bridgehead atoms. The number of likely N-dealkylation sites (tertiary alicyclic amines) is 1. The third kappa shape index (κ3) is 2.61. The highest BCUT2D eigenvalue weighted by Crippen LogP contribution is 2.59. The number of benzene rings is 1. The second kappa shape index (κ2) is 6.86. The highest BCUT2D eigenvalue weighted by Gasteiger charge is 2.60. The maximum absolute atomic E-state index is 13.1. The second-order valence-electron chi connectivity index (χ2n) is 10.0. The fourth-order valence-corrected chi connectivity index (χ4v) is 7.25. The Labute approximate surface area is 169 Å². The Balaban J connectivity index is 1.61. The van der Waals surface area contributed by atoms with E-state index in [4.69, 9.17) is 4.74 Å². The van der Waals surface area contributed by atoms with Crippen LogP contribution < -0.4 is 4.74 Å². The van der Waals surface area contributed by atoms with E-state index >= 15 is 0 Å². The minimum atomic E-state index is 0.0349. The number of ketones is 1. The topological polar surface area (TPSA) is 29.5 Å². The summed E-state index contributed by atoms with van der Waals surface area (Å²) in [5, 5.41) is 0. The lowest BCUT2D eigenvalue weighted by atomic mass is 9.47. The molecule has 0 spiro atoms. The average molecular weight is 382 g/mol. The van der Waals surface area contributed by atoms with Crippen LogP contribution in [-0.2, 0) is 16.6 Å². The number of hydrogen-bond donors (Lipinski definition) is 0. The highest BCUT2D eigenvalue weighted by molar-refractivity contribution is 5.84. The molecule has 5 atom stereocenters. The summed E-state index contributed by atoms with van der Waals surface area (Å²) in [7, 11) is 1.76. The van der Waals surface area contributed by atoms with Crippen LogP contribution in [0.4, 0.5) is 0 Å². The van der Waals surface area contributed by atoms with Gasteiger partial charge in [0, 0.05) is 30.3 Å². The van der Waals surface area contributed by atoms with Crippen molar-refractivity contribution in [3.63, 3.8) is 0 Å². The van der Waals surface area contributed by atoms with E-state index in [2.05, 4.69) is 36.9 Å². The lowest BCUT2D eigenvalue weighted by Gasteiger charge is -2.62. The van der Waals surface area contributed by atoms with E-state index in [-0.39, 0.29) is 11.3 Å². The Morgan fingerprint density at radius 2 is 2.11 bits per heavy atom. The Morgan fingerprint density at radius 3 is 2.79 bits per heavy atom. The molecular weight excluding hydrogens is 346 g/mol. The molecule has 1 aliphatic heterocycles. The van der Waals surface area contributed by atoms with Gasteiger partial charge < -0.3 is 4.74 Å². The van der Waals surface area contributed by atoms with E-state index < -0.39 is 0 Å². The Bertz CT molecular complexity index is 770. The minimum absolute atomic E-state index is 0.0349. The number of hydrogen-bond acceptors (Lipinski definition) is 3. The fraction of sp³-hybridized carbons (Fsp3) is 0.720. The molecule has 0 N–H and O–H groups in total. The smallest absolute Gasteiger partial charge is 0.136 e. The van der Waals surface area contributed by atoms with Crippen LogP contribution in [0.25, 0.3) is 0 Å². The molecule has 1 saturated heterocycles. The number of methoxy groups -OCH3 is 1. The predicted molar refractivity (Wildman–Crippen MR) is 112 cm³/mol. The van der Waals surface area contributed by atoms with Crippen molar-refractivity contribution in [3.05, 3.63) is 29.3 Å². The number of piperidine rings is 1. The van der Waals surface area contributed by atoms with E-state index in [0.29, 0.717) is 23.7 Å². The van der Waals surface area contributed by atoms with Crippen molar-refractivity contribution in [2.45, 2.75) is 70.3 Å². The molecule has 3 fully saturated rings. The first-order valence-corrected chi connectivity index (χ1v) is 11.5. The molecule has 1 aromatic carbocycles. The van der Waals surface area contributed by atoms with Gasteiger partial charge in [-0.05, 0) is 73.2 Å². The summed E-state index contributed by atoms with van der Waals surface area (Å²) in [6, 6.07) is 7.29. The summed E-state index contributed by atoms with van der Waals surface area (Å²) in [5.74, 6) is 3.67. The minimum Gasteiger partial charge on any atom is -0.497 e. The molecule has 28 heavy (non-hydrogen) atoms. The number of nitrogens with zero attached hydrogens (tertiary/aromatic N) is 1. The molecular formula is C25H35NO2. The first-order chi connectivity index (χ1) is 13.6. The van der Waals surface area contributed by atoms with Crippen molar-refractivity contribution in [1.82, 2.24) is 4.90 Å². The molecule has 1 heterocycles. The maximum Gasteiger partial charge on any atom is 0.136 e. The third-order valence-corrected chi connectivity index (χ3v) is 8.94. The first kappa shape index (κ1) is 18.7. The van der Waals surface area contributed by atoms with Gasteiger partial charge in [-0.15, -0.1) is 0 Å². The van der Waals surface area contributed by atoms with Crippen LogP contribution in [0.1, 0.15) is 63.5 Å². The SMILES string of the molecule is CCC1C(C)C(=O)C[C@]23CCN(CC4CCC4)[C@H](Cc4ccc(OC)cc42)[C@H]13. The predicted octanol–water partition coefficient (Wildman–Crippen LogP) is 4.61. The molecule has 3 heteroatoms. The van der Waals surface area contributed by atoms with Gasteiger partial charge in [0.05, 0.1) is 7.11 Å². The van der Waals surface area contributed by atoms with Gasteiger partial charge >= 0.3 is 0 Å². The van der Waals surface area contributed by atoms with E-state index in [0.717, 1.165) is 43.9 Å².